The van der Waals surface area contributed by atoms with E-state index in [0.717, 1.165) is 16.6 Å². The number of carbonyl (C=O) groups is 1. The molecule has 0 aliphatic carbocycles. The molecule has 0 unspecified atom stereocenters. The van der Waals surface area contributed by atoms with Crippen LogP contribution in [0, 0.1) is 0 Å². The maximum Gasteiger partial charge on any atom is 0.244 e. The molecule has 5 heteroatoms. The van der Waals surface area contributed by atoms with Crippen LogP contribution >= 0.6 is 11.6 Å². The van der Waals surface area contributed by atoms with Gasteiger partial charge in [0.05, 0.1) is 0 Å². The van der Waals surface area contributed by atoms with Crippen molar-refractivity contribution in [2.75, 3.05) is 11.1 Å². The van der Waals surface area contributed by atoms with Gasteiger partial charge in [0.1, 0.15) is 6.54 Å². The lowest BCUT2D eigenvalue weighted by atomic mass is 10.2. The minimum atomic E-state index is -0.0911. The molecule has 0 aliphatic heterocycles. The topological polar surface area (TPSA) is 60.0 Å². The lowest BCUT2D eigenvalue weighted by Gasteiger charge is -2.07. The molecule has 106 valence electrons. The second kappa shape index (κ2) is 5.50. The van der Waals surface area contributed by atoms with Crippen LogP contribution in [0.1, 0.15) is 0 Å². The van der Waals surface area contributed by atoms with Crippen molar-refractivity contribution in [1.29, 1.82) is 0 Å². The molecule has 0 saturated heterocycles. The largest absolute Gasteiger partial charge is 0.399 e. The van der Waals surface area contributed by atoms with Crippen molar-refractivity contribution < 1.29 is 4.79 Å². The van der Waals surface area contributed by atoms with Crippen molar-refractivity contribution in [2.24, 2.45) is 0 Å². The molecule has 0 radical (unpaired) electrons. The number of fused-ring (bicyclic) bond motifs is 1. The Morgan fingerprint density at radius 1 is 1.14 bits per heavy atom. The molecule has 0 atom stereocenters. The number of hydrogen-bond acceptors (Lipinski definition) is 2. The van der Waals surface area contributed by atoms with Crippen molar-refractivity contribution in [3.63, 3.8) is 0 Å². The highest BCUT2D eigenvalue weighted by molar-refractivity contribution is 6.30. The third-order valence-electron chi connectivity index (χ3n) is 3.24. The van der Waals surface area contributed by atoms with E-state index in [1.165, 1.54) is 0 Å². The van der Waals surface area contributed by atoms with Crippen LogP contribution in [0.2, 0.25) is 5.02 Å². The van der Waals surface area contributed by atoms with Gasteiger partial charge in [0.25, 0.3) is 0 Å². The number of nitrogens with one attached hydrogen (secondary N) is 1. The molecule has 21 heavy (non-hydrogen) atoms. The van der Waals surface area contributed by atoms with E-state index in [0.29, 0.717) is 10.7 Å². The fraction of sp³-hybridized carbons (Fsp3) is 0.0625. The Labute approximate surface area is 127 Å². The molecule has 0 bridgehead atoms. The Bertz CT molecular complexity index is 793. The van der Waals surface area contributed by atoms with Gasteiger partial charge >= 0.3 is 0 Å². The van der Waals surface area contributed by atoms with Gasteiger partial charge in [-0.25, -0.2) is 0 Å². The van der Waals surface area contributed by atoms with Crippen LogP contribution in [0.5, 0.6) is 0 Å². The highest BCUT2D eigenvalue weighted by Gasteiger charge is 2.07. The number of benzene rings is 2. The van der Waals surface area contributed by atoms with Gasteiger partial charge in [-0.3, -0.25) is 4.79 Å². The highest BCUT2D eigenvalue weighted by Crippen LogP contribution is 2.19. The lowest BCUT2D eigenvalue weighted by Crippen LogP contribution is -2.18. The molecule has 1 heterocycles. The average molecular weight is 300 g/mol. The van der Waals surface area contributed by atoms with Gasteiger partial charge in [-0.15, -0.1) is 0 Å². The Morgan fingerprint density at radius 3 is 2.67 bits per heavy atom. The molecular weight excluding hydrogens is 286 g/mol. The fourth-order valence-corrected chi connectivity index (χ4v) is 2.37. The summed E-state index contributed by atoms with van der Waals surface area (Å²) < 4.78 is 1.89. The van der Waals surface area contributed by atoms with Crippen LogP contribution in [0.25, 0.3) is 10.9 Å². The maximum absolute atomic E-state index is 12.1. The highest BCUT2D eigenvalue weighted by atomic mass is 35.5. The van der Waals surface area contributed by atoms with E-state index in [2.05, 4.69) is 5.32 Å². The molecule has 4 nitrogen and oxygen atoms in total. The summed E-state index contributed by atoms with van der Waals surface area (Å²) in [5.41, 5.74) is 8.17. The summed E-state index contributed by atoms with van der Waals surface area (Å²) in [5.74, 6) is -0.0911. The summed E-state index contributed by atoms with van der Waals surface area (Å²) >= 11 is 5.81. The molecule has 3 N–H and O–H groups in total. The second-order valence-electron chi connectivity index (χ2n) is 4.82. The van der Waals surface area contributed by atoms with Crippen LogP contribution in [-0.4, -0.2) is 10.5 Å². The molecule has 3 aromatic rings. The SMILES string of the molecule is Nc1ccc2c(ccn2CC(=O)Nc2ccc(Cl)cc2)c1. The number of nitrogens with two attached hydrogens (primary N) is 1. The van der Waals surface area contributed by atoms with E-state index < -0.39 is 0 Å². The maximum atomic E-state index is 12.1. The quantitative estimate of drug-likeness (QED) is 0.727. The van der Waals surface area contributed by atoms with Gasteiger partial charge in [0, 0.05) is 33.5 Å². The number of aromatic nitrogens is 1. The zero-order valence-corrected chi connectivity index (χ0v) is 12.0. The normalized spacial score (nSPS) is 10.7. The molecule has 1 amide bonds. The Balaban J connectivity index is 1.75. The van der Waals surface area contributed by atoms with E-state index in [4.69, 9.17) is 17.3 Å². The number of amides is 1. The summed E-state index contributed by atoms with van der Waals surface area (Å²) in [6, 6.07) is 14.6. The van der Waals surface area contributed by atoms with E-state index in [1.807, 2.05) is 35.0 Å². The monoisotopic (exact) mass is 299 g/mol. The van der Waals surface area contributed by atoms with Crippen molar-refractivity contribution in [3.05, 3.63) is 59.8 Å². The molecule has 2 aromatic carbocycles. The number of halogens is 1. The van der Waals surface area contributed by atoms with Gasteiger partial charge < -0.3 is 15.6 Å². The first-order chi connectivity index (χ1) is 10.1. The minimum Gasteiger partial charge on any atom is -0.399 e. The fourth-order valence-electron chi connectivity index (χ4n) is 2.24. The van der Waals surface area contributed by atoms with E-state index in [-0.39, 0.29) is 12.5 Å². The van der Waals surface area contributed by atoms with Gasteiger partial charge in [-0.1, -0.05) is 11.6 Å². The van der Waals surface area contributed by atoms with Crippen LogP contribution in [-0.2, 0) is 11.3 Å². The van der Waals surface area contributed by atoms with Crippen molar-refractivity contribution in [1.82, 2.24) is 4.57 Å². The Kier molecular flexibility index (Phi) is 3.54. The second-order valence-corrected chi connectivity index (χ2v) is 5.25. The predicted molar refractivity (Wildman–Crippen MR) is 86.4 cm³/mol. The molecule has 0 spiro atoms. The number of nitrogen functional groups attached to an aromatic ring is 1. The average Bonchev–Trinajstić information content (AvgIpc) is 2.83. The third kappa shape index (κ3) is 3.01. The summed E-state index contributed by atoms with van der Waals surface area (Å²) in [6.45, 7) is 0.246. The molecule has 0 saturated carbocycles. The predicted octanol–water partition coefficient (Wildman–Crippen LogP) is 3.52. The Hall–Kier alpha value is -2.46. The zero-order valence-electron chi connectivity index (χ0n) is 11.2. The number of rotatable bonds is 3. The number of nitrogens with zero attached hydrogens (tertiary/aromatic N) is 1. The molecule has 1 aromatic heterocycles. The summed E-state index contributed by atoms with van der Waals surface area (Å²) in [4.78, 5) is 12.1. The summed E-state index contributed by atoms with van der Waals surface area (Å²) in [7, 11) is 0. The van der Waals surface area contributed by atoms with Gasteiger partial charge in [-0.05, 0) is 48.5 Å². The van der Waals surface area contributed by atoms with Gasteiger partial charge in [-0.2, -0.15) is 0 Å². The first-order valence-electron chi connectivity index (χ1n) is 6.51. The first-order valence-corrected chi connectivity index (χ1v) is 6.89. The first kappa shape index (κ1) is 13.5. The third-order valence-corrected chi connectivity index (χ3v) is 3.49. The van der Waals surface area contributed by atoms with Crippen LogP contribution in [0.15, 0.2) is 54.7 Å². The molecular formula is C16H14ClN3O. The molecule has 0 aliphatic rings. The van der Waals surface area contributed by atoms with Gasteiger partial charge in [0.2, 0.25) is 5.91 Å². The van der Waals surface area contributed by atoms with Crippen LogP contribution in [0.3, 0.4) is 0 Å². The number of carbonyl (C=O) groups excluding carboxylic acids is 1. The van der Waals surface area contributed by atoms with Crippen molar-refractivity contribution in [2.45, 2.75) is 6.54 Å². The van der Waals surface area contributed by atoms with E-state index >= 15 is 0 Å². The Morgan fingerprint density at radius 2 is 1.90 bits per heavy atom. The minimum absolute atomic E-state index is 0.0911. The molecule has 3 rings (SSSR count). The van der Waals surface area contributed by atoms with E-state index in [9.17, 15) is 4.79 Å². The number of anilines is 2. The standard InChI is InChI=1S/C16H14ClN3O/c17-12-1-4-14(5-2-12)19-16(21)10-20-8-7-11-9-13(18)3-6-15(11)20/h1-9H,10,18H2,(H,19,21). The number of hydrogen-bond donors (Lipinski definition) is 2. The summed E-state index contributed by atoms with van der Waals surface area (Å²) in [6.07, 6.45) is 1.88. The molecule has 0 fully saturated rings. The smallest absolute Gasteiger partial charge is 0.244 e. The van der Waals surface area contributed by atoms with Gasteiger partial charge in [0.15, 0.2) is 0 Å². The van der Waals surface area contributed by atoms with Crippen molar-refractivity contribution in [3.8, 4) is 0 Å². The lowest BCUT2D eigenvalue weighted by molar-refractivity contribution is -0.116. The zero-order chi connectivity index (χ0) is 14.8. The van der Waals surface area contributed by atoms with Crippen LogP contribution in [0.4, 0.5) is 11.4 Å². The van der Waals surface area contributed by atoms with Crippen LogP contribution < -0.4 is 11.1 Å². The van der Waals surface area contributed by atoms with Crippen molar-refractivity contribution >= 4 is 39.8 Å². The van der Waals surface area contributed by atoms with E-state index in [1.54, 1.807) is 24.3 Å². The summed E-state index contributed by atoms with van der Waals surface area (Å²) in [5, 5.41) is 4.50.